The van der Waals surface area contributed by atoms with Crippen molar-refractivity contribution < 1.29 is 4.74 Å². The Morgan fingerprint density at radius 1 is 1.22 bits per heavy atom. The summed E-state index contributed by atoms with van der Waals surface area (Å²) in [6, 6.07) is 0.524. The number of nitrogen functional groups attached to an aromatic ring is 1. The standard InChI is InChI=1S/C13H22N4O/c1-17(10-7-5-3-4-6-8-10)13-11(18-2)12(14)15-9-16-13/h9-10H,3-8H2,1-2H3,(H2,14,15,16). The first-order chi connectivity index (χ1) is 8.74. The van der Waals surface area contributed by atoms with Crippen molar-refractivity contribution >= 4 is 11.6 Å². The Bertz CT molecular complexity index is 389. The summed E-state index contributed by atoms with van der Waals surface area (Å²) in [6.07, 6.45) is 9.18. The third kappa shape index (κ3) is 2.66. The molecular weight excluding hydrogens is 228 g/mol. The Labute approximate surface area is 108 Å². The highest BCUT2D eigenvalue weighted by Crippen LogP contribution is 2.32. The molecule has 0 bridgehead atoms. The van der Waals surface area contributed by atoms with Crippen LogP contribution in [0.15, 0.2) is 6.33 Å². The largest absolute Gasteiger partial charge is 0.490 e. The van der Waals surface area contributed by atoms with Gasteiger partial charge in [0.25, 0.3) is 0 Å². The van der Waals surface area contributed by atoms with Crippen LogP contribution in [-0.2, 0) is 0 Å². The van der Waals surface area contributed by atoms with E-state index in [2.05, 4.69) is 21.9 Å². The molecule has 18 heavy (non-hydrogen) atoms. The highest BCUT2D eigenvalue weighted by Gasteiger charge is 2.22. The molecule has 1 aromatic heterocycles. The van der Waals surface area contributed by atoms with Gasteiger partial charge in [-0.3, -0.25) is 0 Å². The molecule has 0 saturated heterocycles. The Morgan fingerprint density at radius 3 is 2.50 bits per heavy atom. The van der Waals surface area contributed by atoms with Crippen molar-refractivity contribution in [1.29, 1.82) is 0 Å². The van der Waals surface area contributed by atoms with Gasteiger partial charge in [-0.2, -0.15) is 0 Å². The molecule has 1 saturated carbocycles. The van der Waals surface area contributed by atoms with Crippen molar-refractivity contribution in [3.63, 3.8) is 0 Å². The Morgan fingerprint density at radius 2 is 1.89 bits per heavy atom. The quantitative estimate of drug-likeness (QED) is 0.833. The van der Waals surface area contributed by atoms with Gasteiger partial charge in [-0.1, -0.05) is 25.7 Å². The molecule has 1 heterocycles. The van der Waals surface area contributed by atoms with Crippen molar-refractivity contribution in [3.8, 4) is 5.75 Å². The second kappa shape index (κ2) is 5.89. The van der Waals surface area contributed by atoms with E-state index in [1.807, 2.05) is 0 Å². The molecule has 0 radical (unpaired) electrons. The minimum absolute atomic E-state index is 0.406. The summed E-state index contributed by atoms with van der Waals surface area (Å²) in [5, 5.41) is 0. The van der Waals surface area contributed by atoms with E-state index in [1.54, 1.807) is 7.11 Å². The monoisotopic (exact) mass is 250 g/mol. The fraction of sp³-hybridized carbons (Fsp3) is 0.692. The second-order valence-electron chi connectivity index (χ2n) is 4.87. The molecule has 0 spiro atoms. The predicted octanol–water partition coefficient (Wildman–Crippen LogP) is 2.23. The van der Waals surface area contributed by atoms with Gasteiger partial charge < -0.3 is 15.4 Å². The van der Waals surface area contributed by atoms with E-state index >= 15 is 0 Å². The summed E-state index contributed by atoms with van der Waals surface area (Å²) in [5.74, 6) is 1.80. The normalized spacial score (nSPS) is 17.2. The number of ether oxygens (including phenoxy) is 1. The first-order valence-electron chi connectivity index (χ1n) is 6.61. The van der Waals surface area contributed by atoms with Crippen molar-refractivity contribution in [3.05, 3.63) is 6.33 Å². The van der Waals surface area contributed by atoms with E-state index in [0.717, 1.165) is 5.82 Å². The molecule has 2 N–H and O–H groups in total. The number of aromatic nitrogens is 2. The van der Waals surface area contributed by atoms with Crippen molar-refractivity contribution in [2.45, 2.75) is 44.6 Å². The van der Waals surface area contributed by atoms with Gasteiger partial charge >= 0.3 is 0 Å². The lowest BCUT2D eigenvalue weighted by atomic mass is 10.1. The van der Waals surface area contributed by atoms with Gasteiger partial charge in [-0.05, 0) is 12.8 Å². The van der Waals surface area contributed by atoms with Crippen LogP contribution in [0.3, 0.4) is 0 Å². The summed E-state index contributed by atoms with van der Waals surface area (Å²) in [6.45, 7) is 0. The van der Waals surface area contributed by atoms with Crippen LogP contribution < -0.4 is 15.4 Å². The van der Waals surface area contributed by atoms with Crippen molar-refractivity contribution in [2.24, 2.45) is 0 Å². The molecular formula is C13H22N4O. The molecule has 5 heteroatoms. The molecule has 1 aromatic rings. The van der Waals surface area contributed by atoms with Gasteiger partial charge in [0.15, 0.2) is 11.6 Å². The van der Waals surface area contributed by atoms with E-state index in [1.165, 1.54) is 44.9 Å². The maximum absolute atomic E-state index is 5.83. The topological polar surface area (TPSA) is 64.3 Å². The molecule has 1 fully saturated rings. The van der Waals surface area contributed by atoms with Crippen molar-refractivity contribution in [1.82, 2.24) is 9.97 Å². The molecule has 2 rings (SSSR count). The summed E-state index contributed by atoms with van der Waals surface area (Å²) in [5.41, 5.74) is 5.83. The molecule has 0 aromatic carbocycles. The number of anilines is 2. The predicted molar refractivity (Wildman–Crippen MR) is 72.9 cm³/mol. The van der Waals surface area contributed by atoms with Crippen molar-refractivity contribution in [2.75, 3.05) is 24.8 Å². The van der Waals surface area contributed by atoms with E-state index in [0.29, 0.717) is 17.6 Å². The van der Waals surface area contributed by atoms with E-state index in [-0.39, 0.29) is 0 Å². The highest BCUT2D eigenvalue weighted by molar-refractivity contribution is 5.62. The maximum Gasteiger partial charge on any atom is 0.204 e. The lowest BCUT2D eigenvalue weighted by Gasteiger charge is -2.29. The number of nitrogens with two attached hydrogens (primary N) is 1. The zero-order valence-corrected chi connectivity index (χ0v) is 11.2. The number of hydrogen-bond acceptors (Lipinski definition) is 5. The number of hydrogen-bond donors (Lipinski definition) is 1. The summed E-state index contributed by atoms with van der Waals surface area (Å²) in [4.78, 5) is 10.5. The van der Waals surface area contributed by atoms with Crippen LogP contribution >= 0.6 is 0 Å². The number of rotatable bonds is 3. The SMILES string of the molecule is COc1c(N)ncnc1N(C)C1CCCCCC1. The molecule has 0 unspecified atom stereocenters. The highest BCUT2D eigenvalue weighted by atomic mass is 16.5. The number of methoxy groups -OCH3 is 1. The summed E-state index contributed by atoms with van der Waals surface area (Å²) < 4.78 is 5.33. The second-order valence-corrected chi connectivity index (χ2v) is 4.87. The number of nitrogens with zero attached hydrogens (tertiary/aromatic N) is 3. The van der Waals surface area contributed by atoms with Gasteiger partial charge in [0.1, 0.15) is 6.33 Å². The lowest BCUT2D eigenvalue weighted by Crippen LogP contribution is -2.32. The molecule has 1 aliphatic rings. The first-order valence-corrected chi connectivity index (χ1v) is 6.61. The van der Waals surface area contributed by atoms with Gasteiger partial charge in [0.05, 0.1) is 7.11 Å². The molecule has 0 amide bonds. The van der Waals surface area contributed by atoms with Gasteiger partial charge in [-0.15, -0.1) is 0 Å². The first kappa shape index (κ1) is 12.9. The fourth-order valence-corrected chi connectivity index (χ4v) is 2.64. The summed E-state index contributed by atoms with van der Waals surface area (Å²) >= 11 is 0. The average molecular weight is 250 g/mol. The van der Waals surface area contributed by atoms with E-state index in [4.69, 9.17) is 10.5 Å². The fourth-order valence-electron chi connectivity index (χ4n) is 2.64. The van der Waals surface area contributed by atoms with Gasteiger partial charge in [0.2, 0.25) is 5.75 Å². The molecule has 0 atom stereocenters. The van der Waals surface area contributed by atoms with Gasteiger partial charge in [0, 0.05) is 13.1 Å². The zero-order chi connectivity index (χ0) is 13.0. The van der Waals surface area contributed by atoms with Crippen LogP contribution in [0.1, 0.15) is 38.5 Å². The van der Waals surface area contributed by atoms with Gasteiger partial charge in [-0.25, -0.2) is 9.97 Å². The molecule has 5 nitrogen and oxygen atoms in total. The third-order valence-electron chi connectivity index (χ3n) is 3.72. The van der Waals surface area contributed by atoms with Crippen LogP contribution in [0.4, 0.5) is 11.6 Å². The Balaban J connectivity index is 2.21. The lowest BCUT2D eigenvalue weighted by molar-refractivity contribution is 0.410. The van der Waals surface area contributed by atoms with Crippen LogP contribution in [0.5, 0.6) is 5.75 Å². The Hall–Kier alpha value is -1.52. The third-order valence-corrected chi connectivity index (χ3v) is 3.72. The van der Waals surface area contributed by atoms with Crippen LogP contribution in [-0.4, -0.2) is 30.2 Å². The minimum Gasteiger partial charge on any atom is -0.490 e. The summed E-state index contributed by atoms with van der Waals surface area (Å²) in [7, 11) is 3.68. The molecule has 1 aliphatic carbocycles. The zero-order valence-electron chi connectivity index (χ0n) is 11.2. The average Bonchev–Trinajstić information content (AvgIpc) is 2.66. The maximum atomic E-state index is 5.83. The molecule has 0 aliphatic heterocycles. The van der Waals surface area contributed by atoms with Crippen LogP contribution in [0.2, 0.25) is 0 Å². The molecule has 100 valence electrons. The smallest absolute Gasteiger partial charge is 0.204 e. The van der Waals surface area contributed by atoms with E-state index < -0.39 is 0 Å². The van der Waals surface area contributed by atoms with Crippen LogP contribution in [0, 0.1) is 0 Å². The van der Waals surface area contributed by atoms with Crippen LogP contribution in [0.25, 0.3) is 0 Å². The minimum atomic E-state index is 0.406. The Kier molecular flexibility index (Phi) is 4.23. The van der Waals surface area contributed by atoms with E-state index in [9.17, 15) is 0 Å².